The Kier molecular flexibility index (Phi) is 5.46. The zero-order chi connectivity index (χ0) is 19.6. The topological polar surface area (TPSA) is 56.1 Å². The predicted molar refractivity (Wildman–Crippen MR) is 103 cm³/mol. The molecule has 0 atom stereocenters. The van der Waals surface area contributed by atoms with E-state index in [0.29, 0.717) is 34.3 Å². The maximum absolute atomic E-state index is 13.1. The summed E-state index contributed by atoms with van der Waals surface area (Å²) in [4.78, 5) is 12.7. The molecular formula is C20H19ClFN3O2. The Morgan fingerprint density at radius 2 is 1.93 bits per heavy atom. The molecule has 0 spiro atoms. The molecular weight excluding hydrogens is 369 g/mol. The van der Waals surface area contributed by atoms with Gasteiger partial charge in [0.2, 0.25) is 0 Å². The Balaban J connectivity index is 1.85. The Morgan fingerprint density at radius 1 is 1.22 bits per heavy atom. The number of methoxy groups -OCH3 is 1. The van der Waals surface area contributed by atoms with Gasteiger partial charge in [0.05, 0.1) is 36.3 Å². The zero-order valence-corrected chi connectivity index (χ0v) is 16.0. The molecule has 0 aliphatic rings. The number of amides is 1. The SMILES string of the molecule is COc1ccc(Cl)cc1C(=O)Nc1c(C)nn(Cc2ccc(F)cc2)c1C. The number of nitrogens with zero attached hydrogens (tertiary/aromatic N) is 2. The summed E-state index contributed by atoms with van der Waals surface area (Å²) >= 11 is 6.01. The first kappa shape index (κ1) is 18.9. The number of rotatable bonds is 5. The van der Waals surface area contributed by atoms with Gasteiger partial charge in [-0.1, -0.05) is 23.7 Å². The molecule has 140 valence electrons. The highest BCUT2D eigenvalue weighted by molar-refractivity contribution is 6.31. The van der Waals surface area contributed by atoms with E-state index in [1.807, 2.05) is 13.8 Å². The summed E-state index contributed by atoms with van der Waals surface area (Å²) in [5.74, 6) is -0.177. The minimum absolute atomic E-state index is 0.282. The lowest BCUT2D eigenvalue weighted by molar-refractivity contribution is 0.102. The van der Waals surface area contributed by atoms with Crippen molar-refractivity contribution in [1.82, 2.24) is 9.78 Å². The predicted octanol–water partition coefficient (Wildman–Crippen LogP) is 4.60. The number of carbonyl (C=O) groups is 1. The van der Waals surface area contributed by atoms with Gasteiger partial charge in [0.1, 0.15) is 11.6 Å². The summed E-state index contributed by atoms with van der Waals surface area (Å²) in [5, 5.41) is 7.82. The number of ether oxygens (including phenoxy) is 1. The van der Waals surface area contributed by atoms with Crippen molar-refractivity contribution in [2.75, 3.05) is 12.4 Å². The molecule has 2 aromatic carbocycles. The lowest BCUT2D eigenvalue weighted by atomic mass is 10.1. The monoisotopic (exact) mass is 387 g/mol. The molecule has 0 fully saturated rings. The summed E-state index contributed by atoms with van der Waals surface area (Å²) in [6.07, 6.45) is 0. The average Bonchev–Trinajstić information content (AvgIpc) is 2.91. The van der Waals surface area contributed by atoms with Gasteiger partial charge in [0.25, 0.3) is 5.91 Å². The molecule has 0 bridgehead atoms. The van der Waals surface area contributed by atoms with Crippen LogP contribution in [0.25, 0.3) is 0 Å². The van der Waals surface area contributed by atoms with E-state index >= 15 is 0 Å². The molecule has 0 radical (unpaired) electrons. The van der Waals surface area contributed by atoms with Crippen molar-refractivity contribution in [2.24, 2.45) is 0 Å². The molecule has 0 aliphatic heterocycles. The van der Waals surface area contributed by atoms with Gasteiger partial charge in [-0.05, 0) is 49.7 Å². The fourth-order valence-electron chi connectivity index (χ4n) is 2.83. The highest BCUT2D eigenvalue weighted by Gasteiger charge is 2.18. The average molecular weight is 388 g/mol. The summed E-state index contributed by atoms with van der Waals surface area (Å²) in [6, 6.07) is 11.1. The van der Waals surface area contributed by atoms with Crippen molar-refractivity contribution in [3.63, 3.8) is 0 Å². The van der Waals surface area contributed by atoms with E-state index in [0.717, 1.165) is 11.3 Å². The van der Waals surface area contributed by atoms with Crippen LogP contribution in [0.2, 0.25) is 5.02 Å². The Morgan fingerprint density at radius 3 is 2.59 bits per heavy atom. The highest BCUT2D eigenvalue weighted by atomic mass is 35.5. The lowest BCUT2D eigenvalue weighted by Crippen LogP contribution is -2.14. The number of hydrogen-bond acceptors (Lipinski definition) is 3. The number of carbonyl (C=O) groups excluding carboxylic acids is 1. The molecule has 7 heteroatoms. The van der Waals surface area contributed by atoms with Gasteiger partial charge in [-0.15, -0.1) is 0 Å². The second kappa shape index (κ2) is 7.80. The van der Waals surface area contributed by atoms with Crippen LogP contribution >= 0.6 is 11.6 Å². The molecule has 0 aliphatic carbocycles. The van der Waals surface area contributed by atoms with Crippen LogP contribution in [-0.4, -0.2) is 22.8 Å². The second-order valence-corrected chi connectivity index (χ2v) is 6.57. The molecule has 1 N–H and O–H groups in total. The lowest BCUT2D eigenvalue weighted by Gasteiger charge is -2.10. The standard InChI is InChI=1S/C20H19ClFN3O2/c1-12-19(23-20(26)17-10-15(21)6-9-18(17)27-3)13(2)25(24-12)11-14-4-7-16(22)8-5-14/h4-10H,11H2,1-3H3,(H,23,26). The van der Waals surface area contributed by atoms with Crippen molar-refractivity contribution in [2.45, 2.75) is 20.4 Å². The van der Waals surface area contributed by atoms with Crippen LogP contribution in [0.15, 0.2) is 42.5 Å². The molecule has 0 unspecified atom stereocenters. The second-order valence-electron chi connectivity index (χ2n) is 6.13. The maximum atomic E-state index is 13.1. The third kappa shape index (κ3) is 4.11. The number of halogens is 2. The first-order chi connectivity index (χ1) is 12.9. The van der Waals surface area contributed by atoms with Crippen molar-refractivity contribution in [3.05, 3.63) is 75.8 Å². The molecule has 27 heavy (non-hydrogen) atoms. The molecule has 1 amide bonds. The minimum Gasteiger partial charge on any atom is -0.496 e. The quantitative estimate of drug-likeness (QED) is 0.696. The highest BCUT2D eigenvalue weighted by Crippen LogP contribution is 2.26. The normalized spacial score (nSPS) is 10.7. The first-order valence-corrected chi connectivity index (χ1v) is 8.70. The van der Waals surface area contributed by atoms with Crippen molar-refractivity contribution < 1.29 is 13.9 Å². The summed E-state index contributed by atoms with van der Waals surface area (Å²) in [5.41, 5.74) is 3.37. The number of anilines is 1. The van der Waals surface area contributed by atoms with Crippen LogP contribution in [0.1, 0.15) is 27.3 Å². The summed E-state index contributed by atoms with van der Waals surface area (Å²) in [6.45, 7) is 4.16. The van der Waals surface area contributed by atoms with Crippen molar-refractivity contribution >= 4 is 23.2 Å². The van der Waals surface area contributed by atoms with Crippen LogP contribution < -0.4 is 10.1 Å². The van der Waals surface area contributed by atoms with Crippen LogP contribution in [0.3, 0.4) is 0 Å². The summed E-state index contributed by atoms with van der Waals surface area (Å²) < 4.78 is 20.1. The minimum atomic E-state index is -0.332. The van der Waals surface area contributed by atoms with Crippen LogP contribution in [0.4, 0.5) is 10.1 Å². The van der Waals surface area contributed by atoms with Crippen molar-refractivity contribution in [3.8, 4) is 5.75 Å². The molecule has 5 nitrogen and oxygen atoms in total. The third-order valence-corrected chi connectivity index (χ3v) is 4.51. The van der Waals surface area contributed by atoms with Crippen LogP contribution in [0, 0.1) is 19.7 Å². The van der Waals surface area contributed by atoms with Gasteiger partial charge in [-0.3, -0.25) is 9.48 Å². The van der Waals surface area contributed by atoms with Gasteiger partial charge in [-0.2, -0.15) is 5.10 Å². The van der Waals surface area contributed by atoms with E-state index in [-0.39, 0.29) is 11.7 Å². The van der Waals surface area contributed by atoms with Gasteiger partial charge in [0.15, 0.2) is 0 Å². The fourth-order valence-corrected chi connectivity index (χ4v) is 3.01. The number of aryl methyl sites for hydroxylation is 1. The molecule has 3 rings (SSSR count). The molecule has 1 aromatic heterocycles. The van der Waals surface area contributed by atoms with E-state index in [1.165, 1.54) is 19.2 Å². The number of nitrogens with one attached hydrogen (secondary N) is 1. The zero-order valence-electron chi connectivity index (χ0n) is 15.2. The third-order valence-electron chi connectivity index (χ3n) is 4.27. The van der Waals surface area contributed by atoms with Gasteiger partial charge < -0.3 is 10.1 Å². The number of hydrogen-bond donors (Lipinski definition) is 1. The summed E-state index contributed by atoms with van der Waals surface area (Å²) in [7, 11) is 1.50. The Labute approximate surface area is 161 Å². The first-order valence-electron chi connectivity index (χ1n) is 8.32. The largest absolute Gasteiger partial charge is 0.496 e. The smallest absolute Gasteiger partial charge is 0.259 e. The number of aromatic nitrogens is 2. The van der Waals surface area contributed by atoms with E-state index in [1.54, 1.807) is 35.0 Å². The van der Waals surface area contributed by atoms with Crippen molar-refractivity contribution in [1.29, 1.82) is 0 Å². The van der Waals surface area contributed by atoms with E-state index < -0.39 is 0 Å². The molecule has 0 saturated heterocycles. The Bertz CT molecular complexity index is 984. The van der Waals surface area contributed by atoms with E-state index in [2.05, 4.69) is 10.4 Å². The molecule has 1 heterocycles. The van der Waals surface area contributed by atoms with Crippen LogP contribution in [0.5, 0.6) is 5.75 Å². The fraction of sp³-hybridized carbons (Fsp3) is 0.200. The van der Waals surface area contributed by atoms with Gasteiger partial charge >= 0.3 is 0 Å². The van der Waals surface area contributed by atoms with Gasteiger partial charge in [-0.25, -0.2) is 4.39 Å². The van der Waals surface area contributed by atoms with E-state index in [9.17, 15) is 9.18 Å². The Hall–Kier alpha value is -2.86. The molecule has 3 aromatic rings. The van der Waals surface area contributed by atoms with Crippen LogP contribution in [-0.2, 0) is 6.54 Å². The number of benzene rings is 2. The van der Waals surface area contributed by atoms with E-state index in [4.69, 9.17) is 16.3 Å². The molecule has 0 saturated carbocycles. The van der Waals surface area contributed by atoms with Gasteiger partial charge in [0, 0.05) is 5.02 Å². The maximum Gasteiger partial charge on any atom is 0.259 e.